The molecule has 1 aliphatic carbocycles. The first-order valence-corrected chi connectivity index (χ1v) is 28.6. The van der Waals surface area contributed by atoms with Gasteiger partial charge in [-0.2, -0.15) is 0 Å². The first kappa shape index (κ1) is 64.1. The van der Waals surface area contributed by atoms with Crippen molar-refractivity contribution in [3.63, 3.8) is 0 Å². The predicted octanol–water partition coefficient (Wildman–Crippen LogP) is 8.46. The molecule has 0 bridgehead atoms. The number of phenols is 1. The predicted molar refractivity (Wildman–Crippen MR) is 322 cm³/mol. The minimum atomic E-state index is -1.19. The van der Waals surface area contributed by atoms with Gasteiger partial charge < -0.3 is 69.2 Å². The lowest BCUT2D eigenvalue weighted by atomic mass is 9.84. The third-order valence-electron chi connectivity index (χ3n) is 14.5. The van der Waals surface area contributed by atoms with Crippen LogP contribution in [0.2, 0.25) is 0 Å². The number of ketones is 1. The molecule has 21 nitrogen and oxygen atoms in total. The fourth-order valence-corrected chi connectivity index (χ4v) is 9.80. The van der Waals surface area contributed by atoms with Gasteiger partial charge in [-0.3, -0.25) is 24.0 Å². The summed E-state index contributed by atoms with van der Waals surface area (Å²) < 4.78 is 39.8. The number of hydrogen-bond acceptors (Lipinski definition) is 16. The van der Waals surface area contributed by atoms with Gasteiger partial charge in [-0.1, -0.05) is 45.0 Å². The van der Waals surface area contributed by atoms with Crippen molar-refractivity contribution in [1.29, 1.82) is 0 Å². The maximum absolute atomic E-state index is 14.1. The largest absolute Gasteiger partial charge is 0.508 e. The number of benzene rings is 5. The number of esters is 1. The van der Waals surface area contributed by atoms with Crippen LogP contribution in [0.15, 0.2) is 106 Å². The van der Waals surface area contributed by atoms with Crippen molar-refractivity contribution >= 4 is 75.1 Å². The second kappa shape index (κ2) is 30.9. The fraction of sp³-hybridized carbons (Fsp3) is 0.397. The molecule has 22 heteroatoms. The molecular formula is C63H73N5O16S. The van der Waals surface area contributed by atoms with E-state index in [0.717, 1.165) is 5.56 Å². The Kier molecular flexibility index (Phi) is 23.3. The van der Waals surface area contributed by atoms with Crippen molar-refractivity contribution in [3.8, 4) is 39.7 Å². The maximum Gasteiger partial charge on any atom is 0.336 e. The molecule has 0 spiro atoms. The SMILES string of the molecule is CCC(C)(C)C(=O)C(=O)N1CCCCC1C(=O)OC(CCc1ccc(OC)c(OC)c1)c1cccc(NC(=O)CCC(=O)NCCOCCOCCOCCNC(=S)Nc2ccc(-c3c4ccc(=O)cc-4oc4cc(O)ccc34)c(C(=O)O)c2)c1. The Balaban J connectivity index is 0.783. The topological polar surface area (TPSA) is 280 Å². The van der Waals surface area contributed by atoms with Crippen molar-refractivity contribution < 1.29 is 71.8 Å². The molecule has 7 rings (SSSR count). The lowest BCUT2D eigenvalue weighted by Crippen LogP contribution is -2.53. The highest BCUT2D eigenvalue weighted by atomic mass is 32.1. The average molecular weight is 1190 g/mol. The molecule has 85 heavy (non-hydrogen) atoms. The molecule has 4 aromatic rings. The third-order valence-corrected chi connectivity index (χ3v) is 14.8. The number of amides is 3. The van der Waals surface area contributed by atoms with Crippen molar-refractivity contribution in [2.24, 2.45) is 5.41 Å². The zero-order chi connectivity index (χ0) is 61.0. The number of carbonyl (C=O) groups excluding carboxylic acids is 5. The van der Waals surface area contributed by atoms with Gasteiger partial charge >= 0.3 is 11.9 Å². The number of aromatic carboxylic acids is 1. The number of phenolic OH excluding ortho intramolecular Hbond substituents is 1. The monoisotopic (exact) mass is 1190 g/mol. The lowest BCUT2D eigenvalue weighted by molar-refractivity contribution is -0.164. The van der Waals surface area contributed by atoms with Gasteiger partial charge in [0.2, 0.25) is 17.6 Å². The number of Topliss-reactive ketones (excluding diaryl/α,β-unsaturated/α-hetero) is 1. The van der Waals surface area contributed by atoms with Crippen LogP contribution in [-0.2, 0) is 49.3 Å². The number of aryl methyl sites for hydroxylation is 1. The van der Waals surface area contributed by atoms with E-state index < -0.39 is 47.1 Å². The minimum Gasteiger partial charge on any atom is -0.508 e. The van der Waals surface area contributed by atoms with Gasteiger partial charge in [0.25, 0.3) is 5.91 Å². The van der Waals surface area contributed by atoms with Crippen molar-refractivity contribution in [2.75, 3.05) is 84.1 Å². The molecule has 2 atom stereocenters. The van der Waals surface area contributed by atoms with Gasteiger partial charge in [0.15, 0.2) is 22.0 Å². The number of anilines is 2. The summed E-state index contributed by atoms with van der Waals surface area (Å²) in [4.78, 5) is 92.7. The Morgan fingerprint density at radius 2 is 1.45 bits per heavy atom. The van der Waals surface area contributed by atoms with Crippen LogP contribution in [0.5, 0.6) is 17.2 Å². The highest BCUT2D eigenvalue weighted by Crippen LogP contribution is 2.43. The Labute approximate surface area is 498 Å². The van der Waals surface area contributed by atoms with Crippen LogP contribution >= 0.6 is 12.2 Å². The lowest BCUT2D eigenvalue weighted by Gasteiger charge is -2.36. The van der Waals surface area contributed by atoms with Crippen LogP contribution in [0.25, 0.3) is 33.4 Å². The number of nitrogens with zero attached hydrogens (tertiary/aromatic N) is 1. The van der Waals surface area contributed by atoms with Crippen LogP contribution in [0, 0.1) is 5.41 Å². The number of aromatic hydroxyl groups is 1. The number of rotatable bonds is 30. The summed E-state index contributed by atoms with van der Waals surface area (Å²) in [6.07, 6.45) is 1.98. The van der Waals surface area contributed by atoms with Crippen molar-refractivity contribution in [1.82, 2.24) is 15.5 Å². The summed E-state index contributed by atoms with van der Waals surface area (Å²) in [6.45, 7) is 7.82. The van der Waals surface area contributed by atoms with E-state index in [-0.39, 0.29) is 78.2 Å². The van der Waals surface area contributed by atoms with E-state index in [1.54, 1.807) is 82.7 Å². The molecule has 2 heterocycles. The van der Waals surface area contributed by atoms with E-state index in [4.69, 9.17) is 45.1 Å². The Bertz CT molecular complexity index is 3380. The summed E-state index contributed by atoms with van der Waals surface area (Å²) >= 11 is 5.44. The highest BCUT2D eigenvalue weighted by molar-refractivity contribution is 7.80. The third kappa shape index (κ3) is 17.8. The zero-order valence-corrected chi connectivity index (χ0v) is 49.2. The molecule has 1 saturated heterocycles. The van der Waals surface area contributed by atoms with Crippen molar-refractivity contribution in [3.05, 3.63) is 124 Å². The summed E-state index contributed by atoms with van der Waals surface area (Å²) in [5.41, 5.74) is 2.87. The van der Waals surface area contributed by atoms with Crippen LogP contribution in [-0.4, -0.2) is 135 Å². The summed E-state index contributed by atoms with van der Waals surface area (Å²) in [5, 5.41) is 32.8. The Morgan fingerprint density at radius 3 is 2.16 bits per heavy atom. The number of likely N-dealkylation sites (tertiary alicyclic amines) is 1. The summed E-state index contributed by atoms with van der Waals surface area (Å²) in [7, 11) is 3.10. The van der Waals surface area contributed by atoms with E-state index in [1.807, 2.05) is 19.1 Å². The standard InChI is InChI=1S/C63H73N5O16S/c1-6-63(2,3)58(73)59(74)68-27-8-7-12-49(68)61(77)84-50(21-13-39-14-22-51(78-4)54(34-39)79-5)40-10-9-11-41(35-40)66-56(72)24-23-55(71)64-25-28-80-30-32-82-33-31-81-29-26-65-62(85)67-42-15-18-45(48(36-42)60(75)76)57-46-19-16-43(69)37-52(46)83-53-38-44(70)17-20-47(53)57/h9-11,14-20,22,34-38,49-50,69H,6-8,12-13,21,23-33H2,1-5H3,(H,64,71)(H,66,72)(H,75,76)(H2,65,67,85). The first-order valence-electron chi connectivity index (χ1n) is 28.2. The highest BCUT2D eigenvalue weighted by Gasteiger charge is 2.41. The number of ether oxygens (including phenoxy) is 6. The smallest absolute Gasteiger partial charge is 0.336 e. The molecule has 6 N–H and O–H groups in total. The molecule has 1 fully saturated rings. The molecule has 3 aliphatic rings. The second-order valence-corrected chi connectivity index (χ2v) is 21.3. The van der Waals surface area contributed by atoms with E-state index in [1.165, 1.54) is 35.2 Å². The minimum absolute atomic E-state index is 0.0266. The normalized spacial score (nSPS) is 13.6. The molecule has 3 amide bonds. The van der Waals surface area contributed by atoms with Crippen LogP contribution < -0.4 is 36.2 Å². The number of hydrogen-bond donors (Lipinski definition) is 6. The Hall–Kier alpha value is -8.44. The van der Waals surface area contributed by atoms with E-state index in [2.05, 4.69) is 21.3 Å². The van der Waals surface area contributed by atoms with Crippen LogP contribution in [0.4, 0.5) is 11.4 Å². The zero-order valence-electron chi connectivity index (χ0n) is 48.4. The van der Waals surface area contributed by atoms with E-state index in [9.17, 15) is 43.8 Å². The quantitative estimate of drug-likeness (QED) is 0.00811. The number of methoxy groups -OCH3 is 2. The molecule has 2 aliphatic heterocycles. The van der Waals surface area contributed by atoms with Crippen LogP contribution in [0.1, 0.15) is 93.3 Å². The van der Waals surface area contributed by atoms with Crippen LogP contribution in [0.3, 0.4) is 0 Å². The van der Waals surface area contributed by atoms with Gasteiger partial charge in [-0.15, -0.1) is 0 Å². The molecule has 452 valence electrons. The number of carbonyl (C=O) groups is 6. The van der Waals surface area contributed by atoms with Gasteiger partial charge in [-0.25, -0.2) is 9.59 Å². The first-order chi connectivity index (χ1) is 40.9. The number of fused-ring (bicyclic) bond motifs is 2. The second-order valence-electron chi connectivity index (χ2n) is 20.9. The molecule has 2 unspecified atom stereocenters. The summed E-state index contributed by atoms with van der Waals surface area (Å²) in [6, 6.07) is 25.1. The molecule has 0 aromatic heterocycles. The average Bonchev–Trinajstić information content (AvgIpc) is 3.56. The molecular weight excluding hydrogens is 1110 g/mol. The Morgan fingerprint density at radius 1 is 0.753 bits per heavy atom. The van der Waals surface area contributed by atoms with Gasteiger partial charge in [0, 0.05) is 77.9 Å². The van der Waals surface area contributed by atoms with Gasteiger partial charge in [0.1, 0.15) is 29.2 Å². The van der Waals surface area contributed by atoms with Crippen molar-refractivity contribution in [2.45, 2.75) is 84.3 Å². The molecule has 0 radical (unpaired) electrons. The summed E-state index contributed by atoms with van der Waals surface area (Å²) in [5.74, 6) is -2.46. The number of carboxylic acids is 1. The number of carboxylic acid groups (broad SMARTS) is 1. The van der Waals surface area contributed by atoms with Gasteiger partial charge in [-0.05, 0) is 128 Å². The molecule has 4 aromatic carbocycles. The maximum atomic E-state index is 14.1. The number of nitrogens with one attached hydrogen (secondary N) is 4. The molecule has 0 saturated carbocycles. The number of piperidine rings is 1. The van der Waals surface area contributed by atoms with E-state index >= 15 is 0 Å². The van der Waals surface area contributed by atoms with Gasteiger partial charge in [0.05, 0.1) is 59.4 Å². The number of thiocarbonyl (C=S) groups is 1. The fourth-order valence-electron chi connectivity index (χ4n) is 9.58. The van der Waals surface area contributed by atoms with E-state index in [0.29, 0.717) is 122 Å².